The molecule has 0 bridgehead atoms. The Bertz CT molecular complexity index is 683. The molecular weight excluding hydrogens is 296 g/mol. The minimum Gasteiger partial charge on any atom is -0.334 e. The third-order valence-electron chi connectivity index (χ3n) is 4.07. The van der Waals surface area contributed by atoms with Crippen LogP contribution >= 0.6 is 11.8 Å². The molecule has 0 atom stereocenters. The van der Waals surface area contributed by atoms with Crippen LogP contribution in [0.3, 0.4) is 0 Å². The first kappa shape index (κ1) is 15.2. The summed E-state index contributed by atoms with van der Waals surface area (Å²) >= 11 is 1.43. The first-order chi connectivity index (χ1) is 10.6. The monoisotopic (exact) mass is 317 g/mol. The molecule has 1 aromatic carbocycles. The van der Waals surface area contributed by atoms with E-state index in [0.29, 0.717) is 10.9 Å². The first-order valence-corrected chi connectivity index (χ1v) is 8.57. The second-order valence-electron chi connectivity index (χ2n) is 5.74. The van der Waals surface area contributed by atoms with Gasteiger partial charge in [0, 0.05) is 11.1 Å². The van der Waals surface area contributed by atoms with E-state index in [-0.39, 0.29) is 5.91 Å². The highest BCUT2D eigenvalue weighted by atomic mass is 32.2. The van der Waals surface area contributed by atoms with Crippen LogP contribution in [0.1, 0.15) is 5.69 Å². The predicted molar refractivity (Wildman–Crippen MR) is 88.2 cm³/mol. The highest BCUT2D eigenvalue weighted by Gasteiger charge is 2.21. The molecule has 0 unspecified atom stereocenters. The smallest absolute Gasteiger partial charge is 0.233 e. The Kier molecular flexibility index (Phi) is 4.59. The molecule has 2 aromatic rings. The fourth-order valence-corrected chi connectivity index (χ4v) is 3.43. The number of aromatic nitrogens is 2. The summed E-state index contributed by atoms with van der Waals surface area (Å²) in [6.45, 7) is 5.74. The van der Waals surface area contributed by atoms with E-state index in [4.69, 9.17) is 0 Å². The molecule has 1 aromatic heterocycles. The predicted octanol–water partition coefficient (Wildman–Crippen LogP) is 0.387. The van der Waals surface area contributed by atoms with Crippen molar-refractivity contribution in [3.05, 3.63) is 30.0 Å². The number of hydrogen-bond donors (Lipinski definition) is 1. The van der Waals surface area contributed by atoms with Gasteiger partial charge < -0.3 is 9.80 Å². The van der Waals surface area contributed by atoms with E-state index in [1.165, 1.54) is 16.7 Å². The van der Waals surface area contributed by atoms with Gasteiger partial charge in [-0.1, -0.05) is 30.0 Å². The van der Waals surface area contributed by atoms with Crippen LogP contribution in [0.15, 0.2) is 29.4 Å². The van der Waals surface area contributed by atoms with Crippen LogP contribution in [0.2, 0.25) is 0 Å². The number of thioether (sulfide) groups is 1. The number of carbonyl (C=O) groups is 1. The van der Waals surface area contributed by atoms with Crippen LogP contribution in [0.4, 0.5) is 0 Å². The van der Waals surface area contributed by atoms with Gasteiger partial charge in [-0.3, -0.25) is 4.79 Å². The largest absolute Gasteiger partial charge is 0.334 e. The van der Waals surface area contributed by atoms with E-state index in [0.717, 1.165) is 42.8 Å². The Balaban J connectivity index is 1.65. The molecule has 1 fully saturated rings. The molecule has 3 rings (SSSR count). The molecule has 1 aliphatic heterocycles. The number of para-hydroxylation sites is 1. The Morgan fingerprint density at radius 2 is 2.00 bits per heavy atom. The number of carbonyl (C=O) groups excluding carboxylic acids is 1. The summed E-state index contributed by atoms with van der Waals surface area (Å²) in [7, 11) is 2.17. The average molecular weight is 317 g/mol. The van der Waals surface area contributed by atoms with Crippen LogP contribution < -0.4 is 4.90 Å². The Morgan fingerprint density at radius 3 is 2.77 bits per heavy atom. The van der Waals surface area contributed by atoms with E-state index in [9.17, 15) is 4.79 Å². The summed E-state index contributed by atoms with van der Waals surface area (Å²) < 4.78 is 0. The molecule has 1 aliphatic rings. The number of piperazine rings is 1. The maximum atomic E-state index is 12.3. The minimum atomic E-state index is 0.187. The zero-order valence-electron chi connectivity index (χ0n) is 13.0. The summed E-state index contributed by atoms with van der Waals surface area (Å²) in [6, 6.07) is 7.97. The molecule has 0 spiro atoms. The van der Waals surface area contributed by atoms with E-state index in [2.05, 4.69) is 17.0 Å². The van der Waals surface area contributed by atoms with E-state index < -0.39 is 0 Å². The van der Waals surface area contributed by atoms with Crippen LogP contribution in [-0.2, 0) is 4.79 Å². The molecule has 116 valence electrons. The Hall–Kier alpha value is -1.66. The molecule has 0 aliphatic carbocycles. The summed E-state index contributed by atoms with van der Waals surface area (Å²) in [5.74, 6) is 0.600. The number of rotatable bonds is 3. The van der Waals surface area contributed by atoms with Crippen molar-refractivity contribution in [3.63, 3.8) is 0 Å². The summed E-state index contributed by atoms with van der Waals surface area (Å²) in [5.41, 5.74) is 1.90. The van der Waals surface area contributed by atoms with Gasteiger partial charge in [0.1, 0.15) is 0 Å². The molecule has 0 saturated carbocycles. The van der Waals surface area contributed by atoms with Gasteiger partial charge in [-0.15, -0.1) is 0 Å². The number of nitrogens with one attached hydrogen (secondary N) is 1. The summed E-state index contributed by atoms with van der Waals surface area (Å²) in [4.78, 5) is 24.8. The number of quaternary nitrogens is 1. The molecule has 22 heavy (non-hydrogen) atoms. The second kappa shape index (κ2) is 6.62. The van der Waals surface area contributed by atoms with Crippen LogP contribution in [0.5, 0.6) is 0 Å². The van der Waals surface area contributed by atoms with Crippen molar-refractivity contribution in [2.75, 3.05) is 39.0 Å². The maximum Gasteiger partial charge on any atom is 0.233 e. The lowest BCUT2D eigenvalue weighted by Gasteiger charge is -2.29. The topological polar surface area (TPSA) is 50.5 Å². The zero-order chi connectivity index (χ0) is 15.5. The van der Waals surface area contributed by atoms with E-state index in [1.807, 2.05) is 36.1 Å². The zero-order valence-corrected chi connectivity index (χ0v) is 13.8. The van der Waals surface area contributed by atoms with E-state index in [1.54, 1.807) is 0 Å². The number of fused-ring (bicyclic) bond motifs is 1. The maximum absolute atomic E-state index is 12.3. The first-order valence-electron chi connectivity index (χ1n) is 7.59. The summed E-state index contributed by atoms with van der Waals surface area (Å²) in [5, 5.41) is 1.75. The fraction of sp³-hybridized carbons (Fsp3) is 0.438. The molecular formula is C16H21N4OS+. The lowest BCUT2D eigenvalue weighted by atomic mass is 10.2. The van der Waals surface area contributed by atoms with Crippen molar-refractivity contribution in [2.24, 2.45) is 0 Å². The van der Waals surface area contributed by atoms with Crippen molar-refractivity contribution in [3.8, 4) is 0 Å². The molecule has 0 radical (unpaired) electrons. The van der Waals surface area contributed by atoms with Crippen molar-refractivity contribution >= 4 is 28.6 Å². The van der Waals surface area contributed by atoms with Crippen molar-refractivity contribution in [1.82, 2.24) is 14.9 Å². The highest BCUT2D eigenvalue weighted by Crippen LogP contribution is 2.20. The van der Waals surface area contributed by atoms with Gasteiger partial charge in [0.25, 0.3) is 0 Å². The van der Waals surface area contributed by atoms with Crippen molar-refractivity contribution in [2.45, 2.75) is 12.1 Å². The number of benzene rings is 1. The lowest BCUT2D eigenvalue weighted by molar-refractivity contribution is -0.883. The normalized spacial score (nSPS) is 16.2. The number of amides is 1. The highest BCUT2D eigenvalue weighted by molar-refractivity contribution is 7.99. The molecule has 6 heteroatoms. The molecule has 1 amide bonds. The van der Waals surface area contributed by atoms with Gasteiger partial charge in [0.2, 0.25) is 5.91 Å². The van der Waals surface area contributed by atoms with Gasteiger partial charge in [0.15, 0.2) is 5.16 Å². The third-order valence-corrected chi connectivity index (χ3v) is 4.90. The van der Waals surface area contributed by atoms with Gasteiger partial charge in [-0.05, 0) is 13.0 Å². The van der Waals surface area contributed by atoms with Crippen LogP contribution in [0, 0.1) is 6.92 Å². The number of likely N-dealkylation sites (N-methyl/N-ethyl adjacent to an activating group) is 1. The molecule has 5 nitrogen and oxygen atoms in total. The Labute approximate surface area is 134 Å². The average Bonchev–Trinajstić information content (AvgIpc) is 2.53. The minimum absolute atomic E-state index is 0.187. The van der Waals surface area contributed by atoms with Crippen LogP contribution in [0.25, 0.3) is 10.9 Å². The quantitative estimate of drug-likeness (QED) is 0.657. The van der Waals surface area contributed by atoms with Gasteiger partial charge >= 0.3 is 0 Å². The number of aryl methyl sites for hydroxylation is 1. The molecule has 1 saturated heterocycles. The van der Waals surface area contributed by atoms with Crippen LogP contribution in [-0.4, -0.2) is 59.8 Å². The lowest BCUT2D eigenvalue weighted by Crippen LogP contribution is -3.12. The Morgan fingerprint density at radius 1 is 1.27 bits per heavy atom. The summed E-state index contributed by atoms with van der Waals surface area (Å²) in [6.07, 6.45) is 0. The number of hydrogen-bond acceptors (Lipinski definition) is 4. The second-order valence-corrected chi connectivity index (χ2v) is 6.68. The SMILES string of the molecule is Cc1nc(SCC(=O)N2CC[NH+](C)CC2)nc2ccccc12. The van der Waals surface area contributed by atoms with Gasteiger partial charge in [-0.25, -0.2) is 9.97 Å². The van der Waals surface area contributed by atoms with E-state index >= 15 is 0 Å². The standard InChI is InChI=1S/C16H20N4OS/c1-12-13-5-3-4-6-14(13)18-16(17-12)22-11-15(21)20-9-7-19(2)8-10-20/h3-6H,7-11H2,1-2H3/p+1. The van der Waals surface area contributed by atoms with Gasteiger partial charge in [-0.2, -0.15) is 0 Å². The molecule has 2 heterocycles. The van der Waals surface area contributed by atoms with Crippen molar-refractivity contribution < 1.29 is 9.69 Å². The molecule has 1 N–H and O–H groups in total. The fourth-order valence-electron chi connectivity index (χ4n) is 2.63. The number of nitrogens with zero attached hydrogens (tertiary/aromatic N) is 3. The third kappa shape index (κ3) is 3.39. The van der Waals surface area contributed by atoms with Gasteiger partial charge in [0.05, 0.1) is 44.5 Å². The van der Waals surface area contributed by atoms with Crippen molar-refractivity contribution in [1.29, 1.82) is 0 Å².